The first-order chi connectivity index (χ1) is 15.5. The Balaban J connectivity index is 1.51. The SMILES string of the molecule is COc1cc([C@H]2CC(=O)Nc3c2c(=O)nc2sccn32)ccc1OCc1ccccc1Cl. The van der Waals surface area contributed by atoms with Gasteiger partial charge in [0.2, 0.25) is 5.91 Å². The maximum absolute atomic E-state index is 12.8. The van der Waals surface area contributed by atoms with Gasteiger partial charge < -0.3 is 14.8 Å². The molecule has 0 fully saturated rings. The zero-order valence-corrected chi connectivity index (χ0v) is 18.6. The quantitative estimate of drug-likeness (QED) is 0.468. The summed E-state index contributed by atoms with van der Waals surface area (Å²) in [6, 6.07) is 12.9. The first-order valence-corrected chi connectivity index (χ1v) is 11.1. The van der Waals surface area contributed by atoms with E-state index < -0.39 is 5.92 Å². The van der Waals surface area contributed by atoms with Gasteiger partial charge in [-0.15, -0.1) is 11.3 Å². The van der Waals surface area contributed by atoms with Gasteiger partial charge in [0.25, 0.3) is 5.56 Å². The van der Waals surface area contributed by atoms with Gasteiger partial charge in [-0.2, -0.15) is 4.98 Å². The molecule has 162 valence electrons. The van der Waals surface area contributed by atoms with Crippen molar-refractivity contribution in [3.63, 3.8) is 0 Å². The van der Waals surface area contributed by atoms with Crippen molar-refractivity contribution < 1.29 is 14.3 Å². The topological polar surface area (TPSA) is 81.9 Å². The fourth-order valence-corrected chi connectivity index (χ4v) is 4.78. The van der Waals surface area contributed by atoms with Crippen LogP contribution in [0.3, 0.4) is 0 Å². The van der Waals surface area contributed by atoms with Crippen LogP contribution in [0.25, 0.3) is 4.96 Å². The van der Waals surface area contributed by atoms with Gasteiger partial charge in [0.1, 0.15) is 12.4 Å². The van der Waals surface area contributed by atoms with Gasteiger partial charge in [0, 0.05) is 34.5 Å². The van der Waals surface area contributed by atoms with Crippen molar-refractivity contribution in [3.05, 3.63) is 86.1 Å². The van der Waals surface area contributed by atoms with Crippen LogP contribution in [0.5, 0.6) is 11.5 Å². The molecule has 0 spiro atoms. The van der Waals surface area contributed by atoms with E-state index in [1.54, 1.807) is 29.8 Å². The van der Waals surface area contributed by atoms with E-state index >= 15 is 0 Å². The molecule has 0 aliphatic carbocycles. The summed E-state index contributed by atoms with van der Waals surface area (Å²) in [5, 5.41) is 5.29. The van der Waals surface area contributed by atoms with Crippen molar-refractivity contribution in [2.24, 2.45) is 0 Å². The van der Waals surface area contributed by atoms with Crippen LogP contribution in [0.2, 0.25) is 5.02 Å². The molecular weight excluding hydrogens is 450 g/mol. The van der Waals surface area contributed by atoms with Gasteiger partial charge in [0.05, 0.1) is 12.7 Å². The number of halogens is 1. The summed E-state index contributed by atoms with van der Waals surface area (Å²) in [6.07, 6.45) is 1.93. The first-order valence-electron chi connectivity index (χ1n) is 9.89. The highest BCUT2D eigenvalue weighted by Gasteiger charge is 2.32. The fourth-order valence-electron chi connectivity index (χ4n) is 3.89. The number of nitrogens with one attached hydrogen (secondary N) is 1. The molecule has 0 saturated heterocycles. The van der Waals surface area contributed by atoms with Gasteiger partial charge in [-0.3, -0.25) is 14.0 Å². The second-order valence-electron chi connectivity index (χ2n) is 7.33. The molecule has 0 radical (unpaired) electrons. The van der Waals surface area contributed by atoms with Crippen molar-refractivity contribution in [2.45, 2.75) is 18.9 Å². The molecule has 5 rings (SSSR count). The Kier molecular flexibility index (Phi) is 5.32. The Labute approximate surface area is 192 Å². The maximum Gasteiger partial charge on any atom is 0.279 e. The van der Waals surface area contributed by atoms with Gasteiger partial charge >= 0.3 is 0 Å². The minimum Gasteiger partial charge on any atom is -0.493 e. The lowest BCUT2D eigenvalue weighted by Gasteiger charge is -2.26. The van der Waals surface area contributed by atoms with Crippen LogP contribution in [0.15, 0.2) is 58.8 Å². The monoisotopic (exact) mass is 467 g/mol. The number of fused-ring (bicyclic) bond motifs is 3. The molecule has 32 heavy (non-hydrogen) atoms. The summed E-state index contributed by atoms with van der Waals surface area (Å²) in [6.45, 7) is 0.283. The number of ether oxygens (including phenoxy) is 2. The van der Waals surface area contributed by atoms with Crippen molar-refractivity contribution in [1.82, 2.24) is 9.38 Å². The second-order valence-corrected chi connectivity index (χ2v) is 8.61. The predicted molar refractivity (Wildman–Crippen MR) is 123 cm³/mol. The van der Waals surface area contributed by atoms with Crippen LogP contribution < -0.4 is 20.3 Å². The van der Waals surface area contributed by atoms with Crippen LogP contribution in [-0.4, -0.2) is 22.4 Å². The lowest BCUT2D eigenvalue weighted by atomic mass is 9.86. The molecule has 2 aromatic heterocycles. The maximum atomic E-state index is 12.8. The minimum absolute atomic E-state index is 0.142. The molecule has 0 unspecified atom stereocenters. The highest BCUT2D eigenvalue weighted by atomic mass is 35.5. The van der Waals surface area contributed by atoms with Crippen LogP contribution in [-0.2, 0) is 11.4 Å². The number of aromatic nitrogens is 2. The number of carbonyl (C=O) groups is 1. The van der Waals surface area contributed by atoms with Crippen LogP contribution >= 0.6 is 22.9 Å². The zero-order valence-electron chi connectivity index (χ0n) is 17.0. The summed E-state index contributed by atoms with van der Waals surface area (Å²) in [5.74, 6) is 0.917. The Morgan fingerprint density at radius 3 is 2.88 bits per heavy atom. The zero-order chi connectivity index (χ0) is 22.2. The predicted octanol–water partition coefficient (Wildman–Crippen LogP) is 4.47. The molecule has 1 aliphatic rings. The molecule has 0 saturated carbocycles. The molecule has 0 bridgehead atoms. The second kappa shape index (κ2) is 8.29. The number of thiazole rings is 1. The number of hydrogen-bond acceptors (Lipinski definition) is 6. The number of anilines is 1. The van der Waals surface area contributed by atoms with Gasteiger partial charge in [-0.25, -0.2) is 0 Å². The summed E-state index contributed by atoms with van der Waals surface area (Å²) >= 11 is 7.55. The van der Waals surface area contributed by atoms with E-state index in [2.05, 4.69) is 10.3 Å². The van der Waals surface area contributed by atoms with Crippen molar-refractivity contribution in [2.75, 3.05) is 12.4 Å². The van der Waals surface area contributed by atoms with E-state index in [1.165, 1.54) is 11.3 Å². The number of nitrogens with zero attached hydrogens (tertiary/aromatic N) is 2. The number of benzene rings is 2. The number of rotatable bonds is 5. The Morgan fingerprint density at radius 2 is 2.06 bits per heavy atom. The molecule has 1 amide bonds. The summed E-state index contributed by atoms with van der Waals surface area (Å²) < 4.78 is 13.2. The lowest BCUT2D eigenvalue weighted by Crippen LogP contribution is -2.31. The van der Waals surface area contributed by atoms with Gasteiger partial charge in [-0.05, 0) is 23.8 Å². The molecule has 4 aromatic rings. The minimum atomic E-state index is -0.443. The normalized spacial score (nSPS) is 15.3. The van der Waals surface area contributed by atoms with E-state index in [-0.39, 0.29) is 24.5 Å². The van der Waals surface area contributed by atoms with E-state index in [4.69, 9.17) is 21.1 Å². The lowest BCUT2D eigenvalue weighted by molar-refractivity contribution is -0.116. The summed E-state index contributed by atoms with van der Waals surface area (Å²) in [4.78, 5) is 30.1. The van der Waals surface area contributed by atoms with E-state index in [1.807, 2.05) is 35.7 Å². The number of carbonyl (C=O) groups excluding carboxylic acids is 1. The van der Waals surface area contributed by atoms with Gasteiger partial charge in [-0.1, -0.05) is 35.9 Å². The van der Waals surface area contributed by atoms with Gasteiger partial charge in [0.15, 0.2) is 16.5 Å². The molecule has 1 atom stereocenters. The molecule has 3 heterocycles. The molecular formula is C23H18ClN3O4S. The molecule has 9 heteroatoms. The number of amides is 1. The van der Waals surface area contributed by atoms with Crippen molar-refractivity contribution in [3.8, 4) is 11.5 Å². The Bertz CT molecular complexity index is 1400. The average molecular weight is 468 g/mol. The molecule has 1 aliphatic heterocycles. The largest absolute Gasteiger partial charge is 0.493 e. The summed E-state index contributed by atoms with van der Waals surface area (Å²) in [5.41, 5.74) is 1.76. The fraction of sp³-hybridized carbons (Fsp3) is 0.174. The first kappa shape index (κ1) is 20.5. The third-order valence-corrected chi connectivity index (χ3v) is 6.57. The van der Waals surface area contributed by atoms with E-state index in [0.29, 0.717) is 32.9 Å². The van der Waals surface area contributed by atoms with E-state index in [0.717, 1.165) is 11.1 Å². The summed E-state index contributed by atoms with van der Waals surface area (Å²) in [7, 11) is 1.55. The third kappa shape index (κ3) is 3.61. The molecule has 7 nitrogen and oxygen atoms in total. The highest BCUT2D eigenvalue weighted by Crippen LogP contribution is 2.39. The van der Waals surface area contributed by atoms with Crippen LogP contribution in [0.1, 0.15) is 29.0 Å². The number of methoxy groups -OCH3 is 1. The third-order valence-electron chi connectivity index (χ3n) is 5.44. The Morgan fingerprint density at radius 1 is 1.22 bits per heavy atom. The van der Waals surface area contributed by atoms with Crippen molar-refractivity contribution >= 4 is 39.6 Å². The standard InChI is InChI=1S/C23H18ClN3O4S/c1-30-18-10-13(6-7-17(18)31-12-14-4-2-3-5-16(14)24)15-11-19(28)25-21-20(15)22(29)26-23-27(21)8-9-32-23/h2-10,15H,11-12H2,1H3,(H,25,28)/t15-/m1/s1. The van der Waals surface area contributed by atoms with Crippen molar-refractivity contribution in [1.29, 1.82) is 0 Å². The molecule has 2 aromatic carbocycles. The smallest absolute Gasteiger partial charge is 0.279 e. The number of hydrogen-bond donors (Lipinski definition) is 1. The highest BCUT2D eigenvalue weighted by molar-refractivity contribution is 7.15. The van der Waals surface area contributed by atoms with E-state index in [9.17, 15) is 9.59 Å². The average Bonchev–Trinajstić information content (AvgIpc) is 3.26. The van der Waals surface area contributed by atoms with Crippen LogP contribution in [0.4, 0.5) is 5.82 Å². The van der Waals surface area contributed by atoms with Crippen LogP contribution in [0, 0.1) is 0 Å². The Hall–Kier alpha value is -3.36. The molecule has 1 N–H and O–H groups in total.